The van der Waals surface area contributed by atoms with Gasteiger partial charge < -0.3 is 10.2 Å². The molecule has 1 fully saturated rings. The Morgan fingerprint density at radius 3 is 2.86 bits per heavy atom. The van der Waals surface area contributed by atoms with Crippen molar-refractivity contribution < 1.29 is 9.18 Å². The van der Waals surface area contributed by atoms with Crippen molar-refractivity contribution in [3.8, 4) is 0 Å². The Labute approximate surface area is 127 Å². The summed E-state index contributed by atoms with van der Waals surface area (Å²) in [7, 11) is 0. The summed E-state index contributed by atoms with van der Waals surface area (Å²) in [5.41, 5.74) is 0. The van der Waals surface area contributed by atoms with Gasteiger partial charge in [0.15, 0.2) is 0 Å². The van der Waals surface area contributed by atoms with Crippen LogP contribution in [-0.4, -0.2) is 36.5 Å². The van der Waals surface area contributed by atoms with E-state index in [1.807, 2.05) is 17.9 Å². The predicted molar refractivity (Wildman–Crippen MR) is 84.4 cm³/mol. The van der Waals surface area contributed by atoms with Gasteiger partial charge in [0.2, 0.25) is 0 Å². The molecule has 0 radical (unpaired) electrons. The summed E-state index contributed by atoms with van der Waals surface area (Å²) in [4.78, 5) is 15.4. The largest absolute Gasteiger partial charge is 0.335 e. The fourth-order valence-electron chi connectivity index (χ4n) is 2.94. The van der Waals surface area contributed by atoms with E-state index < -0.39 is 0 Å². The molecule has 1 N–H and O–H groups in total. The van der Waals surface area contributed by atoms with Crippen LogP contribution < -0.4 is 5.32 Å². The van der Waals surface area contributed by atoms with Crippen LogP contribution >= 0.6 is 11.3 Å². The van der Waals surface area contributed by atoms with Crippen LogP contribution in [0, 0.1) is 5.82 Å². The van der Waals surface area contributed by atoms with Gasteiger partial charge in [0.25, 0.3) is 5.91 Å². The zero-order valence-electron chi connectivity index (χ0n) is 12.1. The number of nitrogens with one attached hydrogen (secondary N) is 1. The second kappa shape index (κ2) is 6.12. The molecule has 1 aliphatic rings. The minimum Gasteiger partial charge on any atom is -0.335 e. The number of piperidine rings is 1. The molecule has 112 valence electrons. The van der Waals surface area contributed by atoms with Crippen LogP contribution in [0.3, 0.4) is 0 Å². The number of rotatable bonds is 3. The molecule has 3 nitrogen and oxygen atoms in total. The SMILES string of the molecule is CCN(C(=O)c1cc2ccc(F)cc2s1)C1CCNCC1. The second-order valence-corrected chi connectivity index (χ2v) is 6.45. The number of fused-ring (bicyclic) bond motifs is 1. The smallest absolute Gasteiger partial charge is 0.264 e. The first-order chi connectivity index (χ1) is 10.2. The summed E-state index contributed by atoms with van der Waals surface area (Å²) in [6.45, 7) is 4.66. The van der Waals surface area contributed by atoms with Crippen molar-refractivity contribution in [2.24, 2.45) is 0 Å². The van der Waals surface area contributed by atoms with E-state index in [2.05, 4.69) is 5.32 Å². The highest BCUT2D eigenvalue weighted by Gasteiger charge is 2.25. The van der Waals surface area contributed by atoms with E-state index in [4.69, 9.17) is 0 Å². The summed E-state index contributed by atoms with van der Waals surface area (Å²) in [6, 6.07) is 6.86. The van der Waals surface area contributed by atoms with Gasteiger partial charge in [-0.25, -0.2) is 4.39 Å². The lowest BCUT2D eigenvalue weighted by Gasteiger charge is -2.33. The van der Waals surface area contributed by atoms with Gasteiger partial charge in [-0.2, -0.15) is 0 Å². The highest BCUT2D eigenvalue weighted by atomic mass is 32.1. The number of carbonyl (C=O) groups excluding carboxylic acids is 1. The third-order valence-corrected chi connectivity index (χ3v) is 5.13. The van der Waals surface area contributed by atoms with Crippen LogP contribution in [0.1, 0.15) is 29.4 Å². The van der Waals surface area contributed by atoms with Crippen LogP contribution in [0.5, 0.6) is 0 Å². The summed E-state index contributed by atoms with van der Waals surface area (Å²) in [5, 5.41) is 4.26. The first kappa shape index (κ1) is 14.5. The molecule has 0 bridgehead atoms. The predicted octanol–water partition coefficient (Wildman–Crippen LogP) is 3.25. The Morgan fingerprint density at radius 2 is 2.14 bits per heavy atom. The lowest BCUT2D eigenvalue weighted by molar-refractivity contribution is 0.0661. The van der Waals surface area contributed by atoms with E-state index in [0.717, 1.165) is 36.0 Å². The Morgan fingerprint density at radius 1 is 1.38 bits per heavy atom. The van der Waals surface area contributed by atoms with Gasteiger partial charge >= 0.3 is 0 Å². The normalized spacial score (nSPS) is 16.3. The maximum Gasteiger partial charge on any atom is 0.264 e. The highest BCUT2D eigenvalue weighted by molar-refractivity contribution is 7.20. The van der Waals surface area contributed by atoms with Crippen molar-refractivity contribution in [1.29, 1.82) is 0 Å². The fourth-order valence-corrected chi connectivity index (χ4v) is 3.98. The minimum absolute atomic E-state index is 0.0750. The van der Waals surface area contributed by atoms with Crippen molar-refractivity contribution >= 4 is 27.3 Å². The topological polar surface area (TPSA) is 32.3 Å². The number of halogens is 1. The van der Waals surface area contributed by atoms with Crippen LogP contribution in [0.4, 0.5) is 4.39 Å². The van der Waals surface area contributed by atoms with Gasteiger partial charge in [-0.3, -0.25) is 4.79 Å². The monoisotopic (exact) mass is 306 g/mol. The first-order valence-corrected chi connectivity index (χ1v) is 8.21. The summed E-state index contributed by atoms with van der Waals surface area (Å²) in [5.74, 6) is -0.181. The summed E-state index contributed by atoms with van der Waals surface area (Å²) < 4.78 is 14.1. The van der Waals surface area contributed by atoms with Crippen LogP contribution in [0.2, 0.25) is 0 Å². The van der Waals surface area contributed by atoms with E-state index in [0.29, 0.717) is 17.5 Å². The Balaban J connectivity index is 1.86. The average molecular weight is 306 g/mol. The van der Waals surface area contributed by atoms with Crippen molar-refractivity contribution in [3.63, 3.8) is 0 Å². The average Bonchev–Trinajstić information content (AvgIpc) is 2.92. The zero-order chi connectivity index (χ0) is 14.8. The van der Waals surface area contributed by atoms with Gasteiger partial charge in [0, 0.05) is 17.3 Å². The quantitative estimate of drug-likeness (QED) is 0.944. The van der Waals surface area contributed by atoms with E-state index >= 15 is 0 Å². The summed E-state index contributed by atoms with van der Waals surface area (Å²) >= 11 is 1.38. The van der Waals surface area contributed by atoms with Crippen molar-refractivity contribution in [2.45, 2.75) is 25.8 Å². The van der Waals surface area contributed by atoms with Crippen molar-refractivity contribution in [1.82, 2.24) is 10.2 Å². The van der Waals surface area contributed by atoms with E-state index in [9.17, 15) is 9.18 Å². The molecular weight excluding hydrogens is 287 g/mol. The molecule has 0 spiro atoms. The van der Waals surface area contributed by atoms with Gasteiger partial charge in [-0.15, -0.1) is 11.3 Å². The maximum absolute atomic E-state index is 13.3. The molecule has 1 saturated heterocycles. The lowest BCUT2D eigenvalue weighted by Crippen LogP contribution is -2.45. The van der Waals surface area contributed by atoms with Crippen LogP contribution in [-0.2, 0) is 0 Å². The number of nitrogens with zero attached hydrogens (tertiary/aromatic N) is 1. The fraction of sp³-hybridized carbons (Fsp3) is 0.438. The molecule has 1 aromatic heterocycles. The Kier molecular flexibility index (Phi) is 4.22. The standard InChI is InChI=1S/C16H19FN2OS/c1-2-19(13-5-7-18-8-6-13)16(20)15-9-11-3-4-12(17)10-14(11)21-15/h3-4,9-10,13,18H,2,5-8H2,1H3. The molecule has 1 amide bonds. The number of benzene rings is 1. The molecular formula is C16H19FN2OS. The third kappa shape index (κ3) is 2.94. The van der Waals surface area contributed by atoms with Crippen LogP contribution in [0.15, 0.2) is 24.3 Å². The zero-order valence-corrected chi connectivity index (χ0v) is 12.9. The molecule has 3 rings (SSSR count). The second-order valence-electron chi connectivity index (χ2n) is 5.37. The Hall–Kier alpha value is -1.46. The number of thiophene rings is 1. The molecule has 0 atom stereocenters. The van der Waals surface area contributed by atoms with Crippen LogP contribution in [0.25, 0.3) is 10.1 Å². The van der Waals surface area contributed by atoms with Crippen molar-refractivity contribution in [2.75, 3.05) is 19.6 Å². The molecule has 21 heavy (non-hydrogen) atoms. The molecule has 0 saturated carbocycles. The molecule has 5 heteroatoms. The molecule has 2 aromatic rings. The number of amides is 1. The third-order valence-electron chi connectivity index (χ3n) is 4.04. The molecule has 1 aliphatic heterocycles. The maximum atomic E-state index is 13.3. The number of carbonyl (C=O) groups is 1. The number of hydrogen-bond acceptors (Lipinski definition) is 3. The highest BCUT2D eigenvalue weighted by Crippen LogP contribution is 2.28. The van der Waals surface area contributed by atoms with Gasteiger partial charge in [0.1, 0.15) is 5.82 Å². The van der Waals surface area contributed by atoms with E-state index in [-0.39, 0.29) is 11.7 Å². The summed E-state index contributed by atoms with van der Waals surface area (Å²) in [6.07, 6.45) is 2.00. The minimum atomic E-state index is -0.256. The molecule has 0 unspecified atom stereocenters. The number of hydrogen-bond donors (Lipinski definition) is 1. The molecule has 1 aromatic carbocycles. The Bertz CT molecular complexity index is 649. The molecule has 0 aliphatic carbocycles. The van der Waals surface area contributed by atoms with Gasteiger partial charge in [-0.1, -0.05) is 6.07 Å². The molecule has 2 heterocycles. The van der Waals surface area contributed by atoms with Crippen molar-refractivity contribution in [3.05, 3.63) is 35.0 Å². The van der Waals surface area contributed by atoms with E-state index in [1.165, 1.54) is 23.5 Å². The lowest BCUT2D eigenvalue weighted by atomic mass is 10.0. The van der Waals surface area contributed by atoms with Gasteiger partial charge in [0.05, 0.1) is 4.88 Å². The van der Waals surface area contributed by atoms with Gasteiger partial charge in [-0.05, 0) is 56.4 Å². The first-order valence-electron chi connectivity index (χ1n) is 7.40. The van der Waals surface area contributed by atoms with E-state index in [1.54, 1.807) is 6.07 Å².